The summed E-state index contributed by atoms with van der Waals surface area (Å²) in [7, 11) is 3.02. The molecular weight excluding hydrogens is 325 g/mol. The van der Waals surface area contributed by atoms with Gasteiger partial charge in [-0.1, -0.05) is 6.07 Å². The molecule has 3 aromatic rings. The number of aryl methyl sites for hydroxylation is 2. The summed E-state index contributed by atoms with van der Waals surface area (Å²) in [6, 6.07) is 6.44. The minimum absolute atomic E-state index is 0.0534. The van der Waals surface area contributed by atoms with Crippen molar-refractivity contribution >= 4 is 11.7 Å². The van der Waals surface area contributed by atoms with E-state index in [1.54, 1.807) is 13.1 Å². The number of carbonyl (C=O) groups is 1. The van der Waals surface area contributed by atoms with E-state index < -0.39 is 5.82 Å². The van der Waals surface area contributed by atoms with E-state index in [1.165, 1.54) is 28.7 Å². The van der Waals surface area contributed by atoms with Gasteiger partial charge in [0.1, 0.15) is 0 Å². The number of ether oxygens (including phenoxy) is 1. The van der Waals surface area contributed by atoms with E-state index in [0.717, 1.165) is 11.4 Å². The van der Waals surface area contributed by atoms with Crippen LogP contribution < -0.4 is 4.74 Å². The van der Waals surface area contributed by atoms with E-state index in [-0.39, 0.29) is 24.0 Å². The van der Waals surface area contributed by atoms with Gasteiger partial charge in [0, 0.05) is 25.0 Å². The number of rotatable bonds is 4. The predicted octanol–water partition coefficient (Wildman–Crippen LogP) is 2.16. The Labute approximate surface area is 144 Å². The number of fused-ring (bicyclic) bond motifs is 1. The minimum atomic E-state index is -0.470. The maximum absolute atomic E-state index is 13.8. The lowest BCUT2D eigenvalue weighted by atomic mass is 10.2. The molecule has 0 saturated carbocycles. The first-order chi connectivity index (χ1) is 11.9. The SMILES string of the molecule is COc1ccc(CN(C)C(=O)c2nc3nc(C)cc(C)n3n2)cc1F. The highest BCUT2D eigenvalue weighted by atomic mass is 19.1. The van der Waals surface area contributed by atoms with Crippen molar-refractivity contribution in [2.75, 3.05) is 14.2 Å². The molecule has 2 heterocycles. The number of carbonyl (C=O) groups excluding carboxylic acids is 1. The molecule has 0 N–H and O–H groups in total. The Bertz CT molecular complexity index is 954. The summed E-state index contributed by atoms with van der Waals surface area (Å²) >= 11 is 0. The van der Waals surface area contributed by atoms with E-state index >= 15 is 0 Å². The van der Waals surface area contributed by atoms with Crippen molar-refractivity contribution in [1.82, 2.24) is 24.5 Å². The second kappa shape index (κ2) is 6.46. The molecule has 130 valence electrons. The zero-order valence-corrected chi connectivity index (χ0v) is 14.4. The van der Waals surface area contributed by atoms with Crippen LogP contribution in [0.1, 0.15) is 27.6 Å². The molecule has 0 atom stereocenters. The molecule has 0 bridgehead atoms. The molecule has 0 fully saturated rings. The molecule has 1 aromatic carbocycles. The number of nitrogens with zero attached hydrogens (tertiary/aromatic N) is 5. The Kier molecular flexibility index (Phi) is 4.35. The van der Waals surface area contributed by atoms with E-state index in [2.05, 4.69) is 15.1 Å². The third-order valence-electron chi connectivity index (χ3n) is 3.79. The topological polar surface area (TPSA) is 72.6 Å². The highest BCUT2D eigenvalue weighted by Gasteiger charge is 2.19. The Morgan fingerprint density at radius 2 is 2.04 bits per heavy atom. The average molecular weight is 343 g/mol. The van der Waals surface area contributed by atoms with Crippen molar-refractivity contribution in [2.24, 2.45) is 0 Å². The molecule has 0 saturated heterocycles. The number of halogens is 1. The number of aromatic nitrogens is 4. The van der Waals surface area contributed by atoms with Crippen LogP contribution in [-0.4, -0.2) is 44.5 Å². The second-order valence-electron chi connectivity index (χ2n) is 5.82. The molecule has 2 aromatic heterocycles. The fraction of sp³-hybridized carbons (Fsp3) is 0.294. The van der Waals surface area contributed by atoms with E-state index in [0.29, 0.717) is 11.3 Å². The summed E-state index contributed by atoms with van der Waals surface area (Å²) in [5, 5.41) is 4.22. The standard InChI is InChI=1S/C17H18FN5O2/c1-10-7-11(2)23-17(19-10)20-15(21-23)16(24)22(3)9-12-5-6-14(25-4)13(18)8-12/h5-8H,9H2,1-4H3. The highest BCUT2D eigenvalue weighted by Crippen LogP contribution is 2.18. The lowest BCUT2D eigenvalue weighted by Gasteiger charge is -2.15. The lowest BCUT2D eigenvalue weighted by molar-refractivity contribution is 0.0773. The van der Waals surface area contributed by atoms with Crippen molar-refractivity contribution in [3.8, 4) is 5.75 Å². The zero-order chi connectivity index (χ0) is 18.1. The Morgan fingerprint density at radius 3 is 2.72 bits per heavy atom. The smallest absolute Gasteiger partial charge is 0.293 e. The van der Waals surface area contributed by atoms with Gasteiger partial charge in [0.15, 0.2) is 11.6 Å². The van der Waals surface area contributed by atoms with Crippen LogP contribution in [0.3, 0.4) is 0 Å². The molecule has 0 aliphatic carbocycles. The van der Waals surface area contributed by atoms with Crippen molar-refractivity contribution in [3.63, 3.8) is 0 Å². The number of amides is 1. The van der Waals surface area contributed by atoms with Gasteiger partial charge in [-0.3, -0.25) is 4.79 Å². The normalized spacial score (nSPS) is 10.9. The molecule has 0 radical (unpaired) electrons. The highest BCUT2D eigenvalue weighted by molar-refractivity contribution is 5.90. The molecule has 0 unspecified atom stereocenters. The van der Waals surface area contributed by atoms with Crippen LogP contribution in [0.5, 0.6) is 5.75 Å². The van der Waals surface area contributed by atoms with Crippen LogP contribution >= 0.6 is 0 Å². The molecule has 7 nitrogen and oxygen atoms in total. The number of hydrogen-bond acceptors (Lipinski definition) is 5. The monoisotopic (exact) mass is 343 g/mol. The lowest BCUT2D eigenvalue weighted by Crippen LogP contribution is -2.27. The first-order valence-corrected chi connectivity index (χ1v) is 7.68. The van der Waals surface area contributed by atoms with Crippen LogP contribution in [0.15, 0.2) is 24.3 Å². The van der Waals surface area contributed by atoms with Gasteiger partial charge in [0.25, 0.3) is 11.7 Å². The van der Waals surface area contributed by atoms with E-state index in [9.17, 15) is 9.18 Å². The molecule has 0 aliphatic heterocycles. The summed E-state index contributed by atoms with van der Waals surface area (Å²) in [5.74, 6) is -0.236. The maximum Gasteiger partial charge on any atom is 0.293 e. The van der Waals surface area contributed by atoms with E-state index in [4.69, 9.17) is 4.74 Å². The van der Waals surface area contributed by atoms with Crippen molar-refractivity contribution < 1.29 is 13.9 Å². The molecule has 25 heavy (non-hydrogen) atoms. The number of benzene rings is 1. The van der Waals surface area contributed by atoms with Crippen LogP contribution in [0, 0.1) is 19.7 Å². The molecular formula is C17H18FN5O2. The quantitative estimate of drug-likeness (QED) is 0.726. The zero-order valence-electron chi connectivity index (χ0n) is 14.4. The van der Waals surface area contributed by atoms with Crippen molar-refractivity contribution in [2.45, 2.75) is 20.4 Å². The number of methoxy groups -OCH3 is 1. The molecule has 1 amide bonds. The summed E-state index contributed by atoms with van der Waals surface area (Å²) in [4.78, 5) is 22.5. The van der Waals surface area contributed by atoms with Crippen LogP contribution in [0.4, 0.5) is 4.39 Å². The number of hydrogen-bond donors (Lipinski definition) is 0. The summed E-state index contributed by atoms with van der Waals surface area (Å²) in [5.41, 5.74) is 2.29. The van der Waals surface area contributed by atoms with Gasteiger partial charge in [0.2, 0.25) is 5.82 Å². The summed E-state index contributed by atoms with van der Waals surface area (Å²) < 4.78 is 20.2. The maximum atomic E-state index is 13.8. The first-order valence-electron chi connectivity index (χ1n) is 7.68. The largest absolute Gasteiger partial charge is 0.494 e. The van der Waals surface area contributed by atoms with Crippen LogP contribution in [0.25, 0.3) is 5.78 Å². The molecule has 0 spiro atoms. The van der Waals surface area contributed by atoms with Gasteiger partial charge >= 0.3 is 0 Å². The molecule has 8 heteroatoms. The fourth-order valence-corrected chi connectivity index (χ4v) is 2.58. The Morgan fingerprint density at radius 1 is 1.28 bits per heavy atom. The molecule has 0 aliphatic rings. The Hall–Kier alpha value is -3.03. The fourth-order valence-electron chi connectivity index (χ4n) is 2.58. The van der Waals surface area contributed by atoms with Gasteiger partial charge in [0.05, 0.1) is 7.11 Å². The average Bonchev–Trinajstić information content (AvgIpc) is 2.98. The third-order valence-corrected chi connectivity index (χ3v) is 3.79. The first kappa shape index (κ1) is 16.8. The van der Waals surface area contributed by atoms with Crippen molar-refractivity contribution in [3.05, 3.63) is 52.9 Å². The van der Waals surface area contributed by atoms with Gasteiger partial charge in [-0.05, 0) is 37.6 Å². The minimum Gasteiger partial charge on any atom is -0.494 e. The summed E-state index contributed by atoms with van der Waals surface area (Å²) in [6.07, 6.45) is 0. The van der Waals surface area contributed by atoms with E-state index in [1.807, 2.05) is 19.9 Å². The van der Waals surface area contributed by atoms with Crippen molar-refractivity contribution in [1.29, 1.82) is 0 Å². The second-order valence-corrected chi connectivity index (χ2v) is 5.82. The van der Waals surface area contributed by atoms with Gasteiger partial charge in [-0.25, -0.2) is 13.9 Å². The van der Waals surface area contributed by atoms with Crippen LogP contribution in [-0.2, 0) is 6.54 Å². The van der Waals surface area contributed by atoms with Crippen LogP contribution in [0.2, 0.25) is 0 Å². The van der Waals surface area contributed by atoms with Gasteiger partial charge in [-0.2, -0.15) is 4.98 Å². The third kappa shape index (κ3) is 3.28. The van der Waals surface area contributed by atoms with Gasteiger partial charge < -0.3 is 9.64 Å². The Balaban J connectivity index is 1.83. The summed E-state index contributed by atoms with van der Waals surface area (Å²) in [6.45, 7) is 3.95. The molecule has 3 rings (SSSR count). The van der Waals surface area contributed by atoms with Gasteiger partial charge in [-0.15, -0.1) is 5.10 Å². The predicted molar refractivity (Wildman–Crippen MR) is 89.0 cm³/mol.